The zero-order valence-electron chi connectivity index (χ0n) is 25.0. The van der Waals surface area contributed by atoms with Crippen LogP contribution < -0.4 is 15.0 Å². The topological polar surface area (TPSA) is 144 Å². The minimum atomic E-state index is -0.468. The number of rotatable bonds is 8. The number of carbonyl (C=O) groups excluding carboxylic acids is 1. The van der Waals surface area contributed by atoms with Gasteiger partial charge in [0.15, 0.2) is 11.6 Å². The number of phenols is 1. The third-order valence-corrected chi connectivity index (χ3v) is 9.48. The van der Waals surface area contributed by atoms with E-state index < -0.39 is 12.0 Å². The van der Waals surface area contributed by atoms with Gasteiger partial charge < -0.3 is 34.6 Å². The fourth-order valence-corrected chi connectivity index (χ4v) is 6.94. The number of aromatic hydroxyl groups is 1. The molecule has 0 aliphatic carbocycles. The summed E-state index contributed by atoms with van der Waals surface area (Å²) in [5.74, 6) is 1.35. The van der Waals surface area contributed by atoms with Gasteiger partial charge in [0, 0.05) is 70.0 Å². The van der Waals surface area contributed by atoms with Crippen molar-refractivity contribution in [3.8, 4) is 22.9 Å². The second-order valence-corrected chi connectivity index (χ2v) is 12.3. The Morgan fingerprint density at radius 1 is 1.09 bits per heavy atom. The minimum absolute atomic E-state index is 0.0627. The second kappa shape index (κ2) is 12.2. The van der Waals surface area contributed by atoms with E-state index in [0.717, 1.165) is 63.7 Å². The standard InChI is InChI=1S/C31H40N8O5/c1-20(31(42)38-9-7-23(40)19-38)28-15-29(35-44-28)43-13-12-36-8-6-21(17-36)37-10-11-39-22(18-37)16-32-30-26(39)14-25(33-34-30)24-4-2-3-5-27(24)41/h2-5,14-15,20-23,40-41H,6-13,16-19H2,1H3,(H,32,34). The van der Waals surface area contributed by atoms with E-state index >= 15 is 0 Å². The molecule has 2 aromatic heterocycles. The Bertz CT molecular complexity index is 1480. The number of ether oxygens (including phenoxy) is 1. The molecule has 0 bridgehead atoms. The number of anilines is 2. The predicted octanol–water partition coefficient (Wildman–Crippen LogP) is 1.60. The molecule has 1 amide bonds. The van der Waals surface area contributed by atoms with Crippen LogP contribution in [0.1, 0.15) is 31.4 Å². The number of piperazine rings is 1. The second-order valence-electron chi connectivity index (χ2n) is 12.3. The molecular weight excluding hydrogens is 564 g/mol. The Labute approximate surface area is 256 Å². The zero-order chi connectivity index (χ0) is 30.2. The number of aromatic nitrogens is 3. The number of likely N-dealkylation sites (tertiary alicyclic amines) is 2. The van der Waals surface area contributed by atoms with Crippen molar-refractivity contribution in [2.45, 2.75) is 43.9 Å². The SMILES string of the molecule is CC(C(=O)N1CCC(O)C1)c1cc(OCCN2CCC(N3CCN4c5cc(-c6ccccc6O)nnc5NCC4C3)C2)no1. The first-order valence-electron chi connectivity index (χ1n) is 15.6. The largest absolute Gasteiger partial charge is 0.507 e. The maximum Gasteiger partial charge on any atom is 0.254 e. The number of para-hydroxylation sites is 1. The molecule has 4 atom stereocenters. The van der Waals surface area contributed by atoms with Gasteiger partial charge in [0.05, 0.1) is 29.4 Å². The molecule has 4 unspecified atom stereocenters. The maximum absolute atomic E-state index is 12.7. The summed E-state index contributed by atoms with van der Waals surface area (Å²) in [5, 5.41) is 36.4. The summed E-state index contributed by atoms with van der Waals surface area (Å²) >= 11 is 0. The molecule has 6 heterocycles. The van der Waals surface area contributed by atoms with Crippen LogP contribution >= 0.6 is 0 Å². The molecule has 0 radical (unpaired) electrons. The number of hydrogen-bond acceptors (Lipinski definition) is 12. The van der Waals surface area contributed by atoms with E-state index in [1.165, 1.54) is 0 Å². The van der Waals surface area contributed by atoms with Gasteiger partial charge in [-0.25, -0.2) is 0 Å². The monoisotopic (exact) mass is 604 g/mol. The average molecular weight is 605 g/mol. The van der Waals surface area contributed by atoms with E-state index in [2.05, 4.69) is 35.4 Å². The Kier molecular flexibility index (Phi) is 8.00. The van der Waals surface area contributed by atoms with Gasteiger partial charge in [-0.15, -0.1) is 10.2 Å². The number of β-amino-alcohol motifs (C(OH)–C–C–N with tert-alkyl or cyclic N) is 1. The Hall–Kier alpha value is -3.94. The number of benzene rings is 1. The van der Waals surface area contributed by atoms with Crippen LogP contribution in [0.25, 0.3) is 11.3 Å². The van der Waals surface area contributed by atoms with Gasteiger partial charge in [0.25, 0.3) is 5.88 Å². The first-order valence-corrected chi connectivity index (χ1v) is 15.6. The third kappa shape index (κ3) is 5.78. The predicted molar refractivity (Wildman–Crippen MR) is 163 cm³/mol. The van der Waals surface area contributed by atoms with E-state index in [-0.39, 0.29) is 11.7 Å². The highest BCUT2D eigenvalue weighted by Gasteiger charge is 2.37. The normalized spacial score (nSPS) is 24.5. The molecule has 0 saturated carbocycles. The van der Waals surface area contributed by atoms with E-state index in [4.69, 9.17) is 9.26 Å². The Morgan fingerprint density at radius 3 is 2.82 bits per heavy atom. The molecular formula is C31H40N8O5. The zero-order valence-corrected chi connectivity index (χ0v) is 25.0. The van der Waals surface area contributed by atoms with Crippen LogP contribution in [0.3, 0.4) is 0 Å². The van der Waals surface area contributed by atoms with Crippen LogP contribution in [0.4, 0.5) is 11.5 Å². The fraction of sp³-hybridized carbons (Fsp3) is 0.548. The van der Waals surface area contributed by atoms with Crippen molar-refractivity contribution < 1.29 is 24.3 Å². The molecule has 44 heavy (non-hydrogen) atoms. The summed E-state index contributed by atoms with van der Waals surface area (Å²) in [7, 11) is 0. The van der Waals surface area contributed by atoms with Gasteiger partial charge in [0.2, 0.25) is 5.91 Å². The quantitative estimate of drug-likeness (QED) is 0.344. The van der Waals surface area contributed by atoms with E-state index in [9.17, 15) is 15.0 Å². The summed E-state index contributed by atoms with van der Waals surface area (Å²) in [5.41, 5.74) is 2.41. The van der Waals surface area contributed by atoms with Crippen molar-refractivity contribution in [1.29, 1.82) is 0 Å². The highest BCUT2D eigenvalue weighted by atomic mass is 16.5. The third-order valence-electron chi connectivity index (χ3n) is 9.48. The molecule has 3 fully saturated rings. The lowest BCUT2D eigenvalue weighted by Crippen LogP contribution is -2.60. The van der Waals surface area contributed by atoms with E-state index in [1.807, 2.05) is 18.2 Å². The van der Waals surface area contributed by atoms with Crippen LogP contribution in [0.2, 0.25) is 0 Å². The number of carbonyl (C=O) groups is 1. The fourth-order valence-electron chi connectivity index (χ4n) is 6.94. The minimum Gasteiger partial charge on any atom is -0.507 e. The van der Waals surface area contributed by atoms with Crippen molar-refractivity contribution in [1.82, 2.24) is 30.1 Å². The summed E-state index contributed by atoms with van der Waals surface area (Å²) in [6, 6.07) is 11.8. The molecule has 3 N–H and O–H groups in total. The summed E-state index contributed by atoms with van der Waals surface area (Å²) in [4.78, 5) is 21.9. The maximum atomic E-state index is 12.7. The summed E-state index contributed by atoms with van der Waals surface area (Å²) in [6.45, 7) is 9.75. The lowest BCUT2D eigenvalue weighted by molar-refractivity contribution is -0.132. The van der Waals surface area contributed by atoms with Crippen LogP contribution in [0.15, 0.2) is 40.9 Å². The smallest absolute Gasteiger partial charge is 0.254 e. The first kappa shape index (κ1) is 28.8. The van der Waals surface area contributed by atoms with Crippen LogP contribution in [0.5, 0.6) is 11.6 Å². The van der Waals surface area contributed by atoms with Crippen molar-refractivity contribution in [3.05, 3.63) is 42.2 Å². The molecule has 7 rings (SSSR count). The number of fused-ring (bicyclic) bond motifs is 3. The van der Waals surface area contributed by atoms with Gasteiger partial charge in [-0.2, -0.15) is 0 Å². The molecule has 4 aliphatic rings. The van der Waals surface area contributed by atoms with E-state index in [1.54, 1.807) is 30.0 Å². The molecule has 3 saturated heterocycles. The number of aliphatic hydroxyl groups is 1. The van der Waals surface area contributed by atoms with Crippen molar-refractivity contribution in [2.75, 3.05) is 75.7 Å². The molecule has 13 heteroatoms. The molecule has 13 nitrogen and oxygen atoms in total. The number of hydrogen-bond donors (Lipinski definition) is 3. The highest BCUT2D eigenvalue weighted by Crippen LogP contribution is 2.36. The average Bonchev–Trinajstić information content (AvgIpc) is 3.82. The number of phenolic OH excluding ortho intramolecular Hbond substituents is 1. The molecule has 234 valence electrons. The number of nitrogens with one attached hydrogen (secondary N) is 1. The number of aliphatic hydroxyl groups excluding tert-OH is 1. The molecule has 3 aromatic rings. The lowest BCUT2D eigenvalue weighted by atomic mass is 10.0. The molecule has 0 spiro atoms. The van der Waals surface area contributed by atoms with Crippen LogP contribution in [-0.2, 0) is 4.79 Å². The van der Waals surface area contributed by atoms with E-state index in [0.29, 0.717) is 61.1 Å². The summed E-state index contributed by atoms with van der Waals surface area (Å²) < 4.78 is 11.3. The number of nitrogens with zero attached hydrogens (tertiary/aromatic N) is 7. The van der Waals surface area contributed by atoms with Crippen LogP contribution in [-0.4, -0.2) is 130 Å². The van der Waals surface area contributed by atoms with Crippen molar-refractivity contribution >= 4 is 17.4 Å². The number of amides is 1. The Balaban J connectivity index is 0.889. The van der Waals surface area contributed by atoms with Gasteiger partial charge in [-0.1, -0.05) is 12.1 Å². The van der Waals surface area contributed by atoms with Gasteiger partial charge in [-0.3, -0.25) is 14.6 Å². The first-order chi connectivity index (χ1) is 21.4. The molecule has 1 aromatic carbocycles. The highest BCUT2D eigenvalue weighted by molar-refractivity contribution is 5.83. The molecule has 4 aliphatic heterocycles. The van der Waals surface area contributed by atoms with Crippen molar-refractivity contribution in [3.63, 3.8) is 0 Å². The Morgan fingerprint density at radius 2 is 1.98 bits per heavy atom. The summed E-state index contributed by atoms with van der Waals surface area (Å²) in [6.07, 6.45) is 1.29. The van der Waals surface area contributed by atoms with Gasteiger partial charge >= 0.3 is 0 Å². The lowest BCUT2D eigenvalue weighted by Gasteiger charge is -2.47. The van der Waals surface area contributed by atoms with Gasteiger partial charge in [-0.05, 0) is 49.7 Å². The van der Waals surface area contributed by atoms with Crippen LogP contribution in [0, 0.1) is 0 Å². The van der Waals surface area contributed by atoms with Crippen molar-refractivity contribution in [2.24, 2.45) is 0 Å². The van der Waals surface area contributed by atoms with Gasteiger partial charge in [0.1, 0.15) is 12.4 Å².